The van der Waals surface area contributed by atoms with Gasteiger partial charge in [-0.05, 0) is 35.4 Å². The summed E-state index contributed by atoms with van der Waals surface area (Å²) in [6, 6.07) is 18.1. The van der Waals surface area contributed by atoms with Crippen LogP contribution >= 0.6 is 11.3 Å². The Bertz CT molecular complexity index is 1240. The molecule has 4 aromatic rings. The average molecular weight is 418 g/mol. The lowest BCUT2D eigenvalue weighted by Gasteiger charge is -2.34. The van der Waals surface area contributed by atoms with E-state index in [-0.39, 0.29) is 5.91 Å². The van der Waals surface area contributed by atoms with Gasteiger partial charge in [-0.1, -0.05) is 53.8 Å². The minimum absolute atomic E-state index is 0.105. The average Bonchev–Trinajstić information content (AvgIpc) is 3.25. The third kappa shape index (κ3) is 3.17. The standard InChI is InChI=1S/C24H23N3O2S/c1-16-10-11-20(29-2)21-22(16)30-24(25-21)27-14-12-26(13-15-27)23(28)19-9-5-7-17-6-3-4-8-18(17)19/h3-11H,12-15H2,1-2H3. The van der Waals surface area contributed by atoms with E-state index in [1.54, 1.807) is 18.4 Å². The number of piperazine rings is 1. The van der Waals surface area contributed by atoms with Crippen molar-refractivity contribution in [2.24, 2.45) is 0 Å². The molecule has 0 radical (unpaired) electrons. The first kappa shape index (κ1) is 18.9. The summed E-state index contributed by atoms with van der Waals surface area (Å²) in [4.78, 5) is 22.3. The van der Waals surface area contributed by atoms with Crippen LogP contribution in [0.3, 0.4) is 0 Å². The van der Waals surface area contributed by atoms with Gasteiger partial charge >= 0.3 is 0 Å². The quantitative estimate of drug-likeness (QED) is 0.484. The maximum absolute atomic E-state index is 13.2. The van der Waals surface area contributed by atoms with Gasteiger partial charge in [0.2, 0.25) is 0 Å². The topological polar surface area (TPSA) is 45.7 Å². The van der Waals surface area contributed by atoms with Crippen molar-refractivity contribution in [3.8, 4) is 5.75 Å². The summed E-state index contributed by atoms with van der Waals surface area (Å²) in [5.74, 6) is 0.913. The number of hydrogen-bond donors (Lipinski definition) is 0. The lowest BCUT2D eigenvalue weighted by molar-refractivity contribution is 0.0749. The summed E-state index contributed by atoms with van der Waals surface area (Å²) in [5, 5.41) is 3.11. The number of thiazole rings is 1. The van der Waals surface area contributed by atoms with Gasteiger partial charge < -0.3 is 14.5 Å². The molecule has 1 aromatic heterocycles. The van der Waals surface area contributed by atoms with Gasteiger partial charge in [0.15, 0.2) is 5.13 Å². The van der Waals surface area contributed by atoms with Crippen LogP contribution in [0.25, 0.3) is 21.0 Å². The molecule has 30 heavy (non-hydrogen) atoms. The van der Waals surface area contributed by atoms with Gasteiger partial charge in [-0.25, -0.2) is 4.98 Å². The van der Waals surface area contributed by atoms with E-state index in [2.05, 4.69) is 17.9 Å². The molecule has 0 saturated carbocycles. The highest BCUT2D eigenvalue weighted by Crippen LogP contribution is 2.36. The fourth-order valence-electron chi connectivity index (χ4n) is 4.08. The molecule has 1 amide bonds. The number of benzene rings is 3. The molecule has 1 aliphatic rings. The van der Waals surface area contributed by atoms with Crippen molar-refractivity contribution in [3.63, 3.8) is 0 Å². The highest BCUT2D eigenvalue weighted by Gasteiger charge is 2.25. The van der Waals surface area contributed by atoms with Gasteiger partial charge in [0, 0.05) is 31.7 Å². The molecule has 0 atom stereocenters. The number of aryl methyl sites for hydroxylation is 1. The van der Waals surface area contributed by atoms with Crippen molar-refractivity contribution in [1.82, 2.24) is 9.88 Å². The van der Waals surface area contributed by atoms with Crippen molar-refractivity contribution in [3.05, 3.63) is 65.7 Å². The van der Waals surface area contributed by atoms with E-state index in [1.807, 2.05) is 53.4 Å². The Labute approximate surface area is 179 Å². The van der Waals surface area contributed by atoms with Gasteiger partial charge in [0.05, 0.1) is 11.8 Å². The summed E-state index contributed by atoms with van der Waals surface area (Å²) in [7, 11) is 1.68. The molecule has 3 aromatic carbocycles. The number of hydrogen-bond acceptors (Lipinski definition) is 5. The van der Waals surface area contributed by atoms with Gasteiger partial charge in [-0.2, -0.15) is 0 Å². The number of ether oxygens (including phenoxy) is 1. The van der Waals surface area contributed by atoms with Crippen LogP contribution in [0.5, 0.6) is 5.75 Å². The SMILES string of the molecule is COc1ccc(C)c2sc(N3CCN(C(=O)c4cccc5ccccc45)CC3)nc12. The number of fused-ring (bicyclic) bond motifs is 2. The van der Waals surface area contributed by atoms with E-state index in [0.29, 0.717) is 13.1 Å². The van der Waals surface area contributed by atoms with Crippen LogP contribution in [-0.2, 0) is 0 Å². The second-order valence-corrected chi connectivity index (χ2v) is 8.54. The minimum atomic E-state index is 0.105. The molecule has 1 aliphatic heterocycles. The van der Waals surface area contributed by atoms with Crippen molar-refractivity contribution in [2.75, 3.05) is 38.2 Å². The Morgan fingerprint density at radius 2 is 1.77 bits per heavy atom. The molecule has 1 saturated heterocycles. The predicted octanol–water partition coefficient (Wildman–Crippen LogP) is 4.73. The number of amides is 1. The van der Waals surface area contributed by atoms with Gasteiger partial charge in [0.25, 0.3) is 5.91 Å². The molecule has 0 aliphatic carbocycles. The van der Waals surface area contributed by atoms with Crippen LogP contribution in [0.1, 0.15) is 15.9 Å². The van der Waals surface area contributed by atoms with Crippen molar-refractivity contribution >= 4 is 43.4 Å². The van der Waals surface area contributed by atoms with Crippen LogP contribution < -0.4 is 9.64 Å². The number of rotatable bonds is 3. The molecular weight excluding hydrogens is 394 g/mol. The fourth-order valence-corrected chi connectivity index (χ4v) is 5.18. The molecule has 5 rings (SSSR count). The monoisotopic (exact) mass is 417 g/mol. The largest absolute Gasteiger partial charge is 0.494 e. The number of nitrogens with zero attached hydrogens (tertiary/aromatic N) is 3. The first-order valence-corrected chi connectivity index (χ1v) is 10.9. The lowest BCUT2D eigenvalue weighted by Crippen LogP contribution is -2.48. The van der Waals surface area contributed by atoms with E-state index in [1.165, 1.54) is 10.3 Å². The third-order valence-electron chi connectivity index (χ3n) is 5.77. The van der Waals surface area contributed by atoms with Crippen LogP contribution in [0.2, 0.25) is 0 Å². The maximum Gasteiger partial charge on any atom is 0.254 e. The van der Waals surface area contributed by atoms with Gasteiger partial charge in [-0.3, -0.25) is 4.79 Å². The fraction of sp³-hybridized carbons (Fsp3) is 0.250. The Morgan fingerprint density at radius 3 is 2.57 bits per heavy atom. The highest BCUT2D eigenvalue weighted by atomic mass is 32.1. The zero-order chi connectivity index (χ0) is 20.7. The first-order valence-electron chi connectivity index (χ1n) is 10.1. The van der Waals surface area contributed by atoms with E-state index >= 15 is 0 Å². The number of carbonyl (C=O) groups is 1. The van der Waals surface area contributed by atoms with E-state index in [0.717, 1.165) is 45.8 Å². The highest BCUT2D eigenvalue weighted by molar-refractivity contribution is 7.22. The molecule has 0 unspecified atom stereocenters. The lowest BCUT2D eigenvalue weighted by atomic mass is 10.0. The van der Waals surface area contributed by atoms with E-state index in [9.17, 15) is 4.79 Å². The Hall–Kier alpha value is -3.12. The molecule has 0 spiro atoms. The van der Waals surface area contributed by atoms with Crippen LogP contribution in [-0.4, -0.2) is 49.1 Å². The number of anilines is 1. The molecule has 0 N–H and O–H groups in total. The normalized spacial score (nSPS) is 14.5. The Balaban J connectivity index is 1.36. The summed E-state index contributed by atoms with van der Waals surface area (Å²) < 4.78 is 6.65. The van der Waals surface area contributed by atoms with E-state index in [4.69, 9.17) is 9.72 Å². The second kappa shape index (κ2) is 7.61. The van der Waals surface area contributed by atoms with Crippen LogP contribution in [0.15, 0.2) is 54.6 Å². The molecule has 0 bridgehead atoms. The van der Waals surface area contributed by atoms with Crippen molar-refractivity contribution < 1.29 is 9.53 Å². The number of aromatic nitrogens is 1. The van der Waals surface area contributed by atoms with Gasteiger partial charge in [0.1, 0.15) is 11.3 Å². The van der Waals surface area contributed by atoms with E-state index < -0.39 is 0 Å². The molecule has 152 valence electrons. The zero-order valence-electron chi connectivity index (χ0n) is 17.1. The van der Waals surface area contributed by atoms with Crippen LogP contribution in [0, 0.1) is 6.92 Å². The molecule has 5 nitrogen and oxygen atoms in total. The zero-order valence-corrected chi connectivity index (χ0v) is 17.9. The summed E-state index contributed by atoms with van der Waals surface area (Å²) in [6.07, 6.45) is 0. The Kier molecular flexibility index (Phi) is 4.79. The molecule has 6 heteroatoms. The molecular formula is C24H23N3O2S. The minimum Gasteiger partial charge on any atom is -0.494 e. The number of carbonyl (C=O) groups excluding carboxylic acids is 1. The van der Waals surface area contributed by atoms with Crippen molar-refractivity contribution in [2.45, 2.75) is 6.92 Å². The van der Waals surface area contributed by atoms with Gasteiger partial charge in [-0.15, -0.1) is 0 Å². The molecule has 2 heterocycles. The van der Waals surface area contributed by atoms with Crippen LogP contribution in [0.4, 0.5) is 5.13 Å². The second-order valence-electron chi connectivity index (χ2n) is 7.56. The summed E-state index contributed by atoms with van der Waals surface area (Å²) in [6.45, 7) is 5.03. The third-order valence-corrected chi connectivity index (χ3v) is 7.02. The maximum atomic E-state index is 13.2. The Morgan fingerprint density at radius 1 is 1.00 bits per heavy atom. The predicted molar refractivity (Wildman–Crippen MR) is 123 cm³/mol. The summed E-state index contributed by atoms with van der Waals surface area (Å²) >= 11 is 1.70. The smallest absolute Gasteiger partial charge is 0.254 e. The number of methoxy groups -OCH3 is 1. The first-order chi connectivity index (χ1) is 14.7. The van der Waals surface area contributed by atoms with Crippen molar-refractivity contribution in [1.29, 1.82) is 0 Å². The molecule has 1 fully saturated rings. The summed E-state index contributed by atoms with van der Waals surface area (Å²) in [5.41, 5.74) is 2.91.